The Bertz CT molecular complexity index is 656. The third-order valence-electron chi connectivity index (χ3n) is 3.09. The molecule has 0 amide bonds. The predicted octanol–water partition coefficient (Wildman–Crippen LogP) is 3.29. The number of nitrogens with zero attached hydrogens (tertiary/aromatic N) is 3. The van der Waals surface area contributed by atoms with E-state index in [1.165, 1.54) is 6.33 Å². The first-order chi connectivity index (χ1) is 10.0. The normalized spacial score (nSPS) is 10.7. The summed E-state index contributed by atoms with van der Waals surface area (Å²) in [6, 6.07) is 7.71. The molecule has 0 fully saturated rings. The molecule has 0 unspecified atom stereocenters. The molecule has 1 aromatic heterocycles. The predicted molar refractivity (Wildman–Crippen MR) is 82.2 cm³/mol. The van der Waals surface area contributed by atoms with Gasteiger partial charge in [-0.3, -0.25) is 10.1 Å². The number of anilines is 1. The van der Waals surface area contributed by atoms with Crippen LogP contribution in [0.1, 0.15) is 19.4 Å². The summed E-state index contributed by atoms with van der Waals surface area (Å²) in [5.74, 6) is 0.743. The highest BCUT2D eigenvalue weighted by Crippen LogP contribution is 2.32. The molecule has 21 heavy (non-hydrogen) atoms. The lowest BCUT2D eigenvalue weighted by Gasteiger charge is -2.09. The fourth-order valence-corrected chi connectivity index (χ4v) is 2.26. The smallest absolute Gasteiger partial charge is 0.337 e. The minimum atomic E-state index is -0.448. The lowest BCUT2D eigenvalue weighted by atomic mass is 9.99. The molecule has 1 aromatic carbocycles. The molecule has 2 aromatic rings. The van der Waals surface area contributed by atoms with Crippen LogP contribution in [0.5, 0.6) is 0 Å². The Balaban J connectivity index is 2.54. The average Bonchev–Trinajstić information content (AvgIpc) is 2.45. The highest BCUT2D eigenvalue weighted by molar-refractivity contribution is 5.76. The van der Waals surface area contributed by atoms with Crippen molar-refractivity contribution in [3.05, 3.63) is 46.3 Å². The summed E-state index contributed by atoms with van der Waals surface area (Å²) in [7, 11) is 1.61. The highest BCUT2D eigenvalue weighted by atomic mass is 16.6. The van der Waals surface area contributed by atoms with E-state index < -0.39 is 4.92 Å². The zero-order valence-electron chi connectivity index (χ0n) is 12.3. The van der Waals surface area contributed by atoms with E-state index in [-0.39, 0.29) is 11.5 Å². The second-order valence-electron chi connectivity index (χ2n) is 5.22. The maximum atomic E-state index is 11.3. The van der Waals surface area contributed by atoms with Gasteiger partial charge in [0.1, 0.15) is 6.33 Å². The number of rotatable bonds is 5. The van der Waals surface area contributed by atoms with Crippen LogP contribution in [0.3, 0.4) is 0 Å². The molecule has 0 atom stereocenters. The van der Waals surface area contributed by atoms with Crippen LogP contribution in [-0.4, -0.2) is 21.9 Å². The lowest BCUT2D eigenvalue weighted by molar-refractivity contribution is -0.383. The summed E-state index contributed by atoms with van der Waals surface area (Å²) in [6.07, 6.45) is 2.26. The fraction of sp³-hybridized carbons (Fsp3) is 0.333. The molecule has 0 aliphatic rings. The van der Waals surface area contributed by atoms with Gasteiger partial charge in [0.2, 0.25) is 5.82 Å². The van der Waals surface area contributed by atoms with E-state index in [2.05, 4.69) is 29.1 Å². The summed E-state index contributed by atoms with van der Waals surface area (Å²) in [5, 5.41) is 14.1. The highest BCUT2D eigenvalue weighted by Gasteiger charge is 2.23. The van der Waals surface area contributed by atoms with Gasteiger partial charge >= 0.3 is 5.69 Å². The summed E-state index contributed by atoms with van der Waals surface area (Å²) in [6.45, 7) is 4.28. The number of nitrogens with one attached hydrogen (secondary N) is 1. The minimum Gasteiger partial charge on any atom is -0.367 e. The van der Waals surface area contributed by atoms with Crippen LogP contribution in [0.15, 0.2) is 30.6 Å². The average molecular weight is 286 g/mol. The maximum absolute atomic E-state index is 11.3. The van der Waals surface area contributed by atoms with E-state index in [9.17, 15) is 10.1 Å². The summed E-state index contributed by atoms with van der Waals surface area (Å²) in [4.78, 5) is 18.9. The molecule has 110 valence electrons. The Labute approximate surface area is 123 Å². The van der Waals surface area contributed by atoms with Gasteiger partial charge in [-0.05, 0) is 24.0 Å². The van der Waals surface area contributed by atoms with Crippen molar-refractivity contribution in [1.82, 2.24) is 9.97 Å². The van der Waals surface area contributed by atoms with Gasteiger partial charge in [0.15, 0.2) is 5.69 Å². The zero-order valence-corrected chi connectivity index (χ0v) is 12.3. The third-order valence-corrected chi connectivity index (χ3v) is 3.09. The van der Waals surface area contributed by atoms with Crippen molar-refractivity contribution >= 4 is 11.5 Å². The third kappa shape index (κ3) is 3.34. The van der Waals surface area contributed by atoms with Crippen molar-refractivity contribution < 1.29 is 4.92 Å². The van der Waals surface area contributed by atoms with E-state index in [4.69, 9.17) is 0 Å². The van der Waals surface area contributed by atoms with Crippen LogP contribution in [-0.2, 0) is 6.42 Å². The molecule has 1 heterocycles. The first-order valence-electron chi connectivity index (χ1n) is 6.79. The molecule has 1 N–H and O–H groups in total. The van der Waals surface area contributed by atoms with Gasteiger partial charge in [-0.2, -0.15) is 0 Å². The molecule has 0 saturated carbocycles. The van der Waals surface area contributed by atoms with Crippen molar-refractivity contribution in [2.24, 2.45) is 5.92 Å². The Kier molecular flexibility index (Phi) is 4.47. The van der Waals surface area contributed by atoms with Crippen LogP contribution in [0.25, 0.3) is 11.3 Å². The van der Waals surface area contributed by atoms with Gasteiger partial charge in [0, 0.05) is 12.6 Å². The number of aromatic nitrogens is 2. The van der Waals surface area contributed by atoms with Crippen molar-refractivity contribution in [2.75, 3.05) is 12.4 Å². The molecular formula is C15H18N4O2. The van der Waals surface area contributed by atoms with Gasteiger partial charge in [0.05, 0.1) is 4.92 Å². The molecule has 2 rings (SSSR count). The quantitative estimate of drug-likeness (QED) is 0.673. The number of nitro groups is 1. The zero-order chi connectivity index (χ0) is 15.4. The standard InChI is InChI=1S/C15H18N4O2/c1-10(2)7-11-5-4-6-12(8-11)13-14(19(20)21)15(16-3)18-9-17-13/h4-6,8-10H,7H2,1-3H3,(H,16,17,18). The van der Waals surface area contributed by atoms with Crippen molar-refractivity contribution in [3.63, 3.8) is 0 Å². The molecule has 0 bridgehead atoms. The van der Waals surface area contributed by atoms with Gasteiger partial charge < -0.3 is 5.32 Å². The van der Waals surface area contributed by atoms with Crippen molar-refractivity contribution in [2.45, 2.75) is 20.3 Å². The van der Waals surface area contributed by atoms with Crippen LogP contribution in [0, 0.1) is 16.0 Å². The SMILES string of the molecule is CNc1ncnc(-c2cccc(CC(C)C)c2)c1[N+](=O)[O-]. The molecule has 0 saturated heterocycles. The molecule has 0 aliphatic heterocycles. The molecule has 6 heteroatoms. The van der Waals surface area contributed by atoms with Crippen LogP contribution in [0.2, 0.25) is 0 Å². The molecule has 6 nitrogen and oxygen atoms in total. The van der Waals surface area contributed by atoms with E-state index in [0.717, 1.165) is 17.5 Å². The lowest BCUT2D eigenvalue weighted by Crippen LogP contribution is -2.03. The van der Waals surface area contributed by atoms with E-state index in [1.807, 2.05) is 24.3 Å². The first kappa shape index (κ1) is 14.9. The Morgan fingerprint density at radius 3 is 2.71 bits per heavy atom. The van der Waals surface area contributed by atoms with Crippen LogP contribution < -0.4 is 5.32 Å². The van der Waals surface area contributed by atoms with E-state index >= 15 is 0 Å². The van der Waals surface area contributed by atoms with E-state index in [0.29, 0.717) is 11.6 Å². The van der Waals surface area contributed by atoms with Crippen molar-refractivity contribution in [1.29, 1.82) is 0 Å². The second-order valence-corrected chi connectivity index (χ2v) is 5.22. The van der Waals surface area contributed by atoms with Gasteiger partial charge in [-0.25, -0.2) is 9.97 Å². The number of benzene rings is 1. The Morgan fingerprint density at radius 2 is 2.10 bits per heavy atom. The fourth-order valence-electron chi connectivity index (χ4n) is 2.26. The molecule has 0 aliphatic carbocycles. The van der Waals surface area contributed by atoms with Crippen molar-refractivity contribution in [3.8, 4) is 11.3 Å². The first-order valence-corrected chi connectivity index (χ1v) is 6.79. The largest absolute Gasteiger partial charge is 0.367 e. The minimum absolute atomic E-state index is 0.0957. The molecular weight excluding hydrogens is 268 g/mol. The molecule has 0 spiro atoms. The second kappa shape index (κ2) is 6.30. The monoisotopic (exact) mass is 286 g/mol. The topological polar surface area (TPSA) is 81.0 Å². The van der Waals surface area contributed by atoms with Gasteiger partial charge in [-0.1, -0.05) is 32.0 Å². The summed E-state index contributed by atoms with van der Waals surface area (Å²) in [5.41, 5.74) is 2.12. The number of hydrogen-bond donors (Lipinski definition) is 1. The maximum Gasteiger partial charge on any atom is 0.337 e. The summed E-state index contributed by atoms with van der Waals surface area (Å²) < 4.78 is 0. The molecule has 0 radical (unpaired) electrons. The van der Waals surface area contributed by atoms with Gasteiger partial charge in [0.25, 0.3) is 0 Å². The Hall–Kier alpha value is -2.50. The van der Waals surface area contributed by atoms with Crippen LogP contribution in [0.4, 0.5) is 11.5 Å². The van der Waals surface area contributed by atoms with E-state index in [1.54, 1.807) is 7.05 Å². The van der Waals surface area contributed by atoms with Gasteiger partial charge in [-0.15, -0.1) is 0 Å². The number of hydrogen-bond acceptors (Lipinski definition) is 5. The van der Waals surface area contributed by atoms with Crippen LogP contribution >= 0.6 is 0 Å². The Morgan fingerprint density at radius 1 is 1.33 bits per heavy atom. The summed E-state index contributed by atoms with van der Waals surface area (Å²) >= 11 is 0.